The normalized spacial score (nSPS) is 23.6. The molecule has 1 aromatic heterocycles. The summed E-state index contributed by atoms with van der Waals surface area (Å²) >= 11 is 0. The third-order valence-electron chi connectivity index (χ3n) is 4.24. The maximum absolute atomic E-state index is 12.5. The number of nitrogens with two attached hydrogens (primary N) is 2. The number of anilines is 1. The third-order valence-corrected chi connectivity index (χ3v) is 4.24. The summed E-state index contributed by atoms with van der Waals surface area (Å²) in [6, 6.07) is 7.08. The number of hydrogen-bond donors (Lipinski definition) is 6. The van der Waals surface area contributed by atoms with Gasteiger partial charge in [0.05, 0.1) is 12.3 Å². The number of aliphatic hydroxyl groups excluding tert-OH is 3. The quantitative estimate of drug-likeness (QED) is 0.241. The number of ether oxygens (including phenoxy) is 1. The second-order valence-corrected chi connectivity index (χ2v) is 6.26. The van der Waals surface area contributed by atoms with Crippen LogP contribution in [0.15, 0.2) is 46.3 Å². The molecule has 2 aromatic rings. The van der Waals surface area contributed by atoms with Crippen LogP contribution in [0, 0.1) is 0 Å². The first kappa shape index (κ1) is 20.4. The Kier molecular flexibility index (Phi) is 5.89. The van der Waals surface area contributed by atoms with Crippen LogP contribution in [-0.4, -0.2) is 61.7 Å². The van der Waals surface area contributed by atoms with Gasteiger partial charge in [-0.15, -0.1) is 0 Å². The Morgan fingerprint density at radius 2 is 1.90 bits per heavy atom. The summed E-state index contributed by atoms with van der Waals surface area (Å²) in [6.07, 6.45) is -3.70. The number of amides is 1. The SMILES string of the molecule is NC(N)=Nc1ccc(C(=O)Nc2nc(=O)ccn2C2OC(CO)C(O)C2O)cc1. The Morgan fingerprint density at radius 1 is 1.21 bits per heavy atom. The van der Waals surface area contributed by atoms with Gasteiger partial charge in [-0.1, -0.05) is 0 Å². The van der Waals surface area contributed by atoms with Gasteiger partial charge in [0.1, 0.15) is 18.3 Å². The van der Waals surface area contributed by atoms with Gasteiger partial charge in [-0.3, -0.25) is 19.5 Å². The molecule has 8 N–H and O–H groups in total. The number of carbonyl (C=O) groups is 1. The van der Waals surface area contributed by atoms with Gasteiger partial charge in [0.15, 0.2) is 12.2 Å². The molecule has 0 bridgehead atoms. The fraction of sp³-hybridized carbons (Fsp3) is 0.294. The first-order valence-corrected chi connectivity index (χ1v) is 8.53. The molecule has 0 aliphatic carbocycles. The van der Waals surface area contributed by atoms with Gasteiger partial charge in [-0.2, -0.15) is 4.98 Å². The number of rotatable bonds is 5. The molecule has 4 unspecified atom stereocenters. The summed E-state index contributed by atoms with van der Waals surface area (Å²) in [5, 5.41) is 31.8. The monoisotopic (exact) mass is 404 g/mol. The molecule has 0 radical (unpaired) electrons. The molecule has 4 atom stereocenters. The highest BCUT2D eigenvalue weighted by atomic mass is 16.6. The number of hydrogen-bond acceptors (Lipinski definition) is 8. The van der Waals surface area contributed by atoms with E-state index in [2.05, 4.69) is 15.3 Å². The van der Waals surface area contributed by atoms with Crippen LogP contribution in [0.2, 0.25) is 0 Å². The molecule has 1 fully saturated rings. The highest BCUT2D eigenvalue weighted by Gasteiger charge is 2.43. The Hall–Kier alpha value is -3.32. The minimum Gasteiger partial charge on any atom is -0.394 e. The first-order chi connectivity index (χ1) is 13.8. The van der Waals surface area contributed by atoms with Gasteiger partial charge in [0.2, 0.25) is 5.95 Å². The van der Waals surface area contributed by atoms with Gasteiger partial charge < -0.3 is 31.5 Å². The summed E-state index contributed by atoms with van der Waals surface area (Å²) in [5.41, 5.74) is 10.6. The van der Waals surface area contributed by atoms with Crippen molar-refractivity contribution in [1.29, 1.82) is 0 Å². The van der Waals surface area contributed by atoms with E-state index in [9.17, 15) is 24.9 Å². The topological polar surface area (TPSA) is 198 Å². The fourth-order valence-corrected chi connectivity index (χ4v) is 2.83. The van der Waals surface area contributed by atoms with E-state index in [-0.39, 0.29) is 17.5 Å². The fourth-order valence-electron chi connectivity index (χ4n) is 2.83. The average Bonchev–Trinajstić information content (AvgIpc) is 2.96. The smallest absolute Gasteiger partial charge is 0.274 e. The lowest BCUT2D eigenvalue weighted by atomic mass is 10.1. The molecule has 29 heavy (non-hydrogen) atoms. The van der Waals surface area contributed by atoms with E-state index in [1.54, 1.807) is 0 Å². The van der Waals surface area contributed by atoms with Gasteiger partial charge >= 0.3 is 0 Å². The molecule has 2 heterocycles. The molecule has 1 aliphatic rings. The number of carbonyl (C=O) groups excluding carboxylic acids is 1. The molecule has 0 saturated carbocycles. The van der Waals surface area contributed by atoms with Gasteiger partial charge in [-0.05, 0) is 24.3 Å². The number of nitrogens with one attached hydrogen (secondary N) is 1. The maximum Gasteiger partial charge on any atom is 0.274 e. The van der Waals surface area contributed by atoms with E-state index < -0.39 is 42.6 Å². The molecule has 3 rings (SSSR count). The van der Waals surface area contributed by atoms with Crippen molar-refractivity contribution in [3.05, 3.63) is 52.4 Å². The largest absolute Gasteiger partial charge is 0.394 e. The molecule has 12 heteroatoms. The lowest BCUT2D eigenvalue weighted by Crippen LogP contribution is -2.34. The van der Waals surface area contributed by atoms with E-state index in [1.807, 2.05) is 0 Å². The number of aliphatic imine (C=N–C) groups is 1. The predicted molar refractivity (Wildman–Crippen MR) is 101 cm³/mol. The van der Waals surface area contributed by atoms with Crippen molar-refractivity contribution in [3.63, 3.8) is 0 Å². The van der Waals surface area contributed by atoms with E-state index in [4.69, 9.17) is 16.2 Å². The van der Waals surface area contributed by atoms with Gasteiger partial charge in [0.25, 0.3) is 11.5 Å². The zero-order valence-electron chi connectivity index (χ0n) is 15.0. The van der Waals surface area contributed by atoms with Crippen LogP contribution >= 0.6 is 0 Å². The van der Waals surface area contributed by atoms with Gasteiger partial charge in [0, 0.05) is 17.8 Å². The summed E-state index contributed by atoms with van der Waals surface area (Å²) in [4.78, 5) is 31.8. The minimum absolute atomic E-state index is 0.127. The lowest BCUT2D eigenvalue weighted by Gasteiger charge is -2.21. The van der Waals surface area contributed by atoms with Crippen LogP contribution in [0.3, 0.4) is 0 Å². The van der Waals surface area contributed by atoms with Crippen molar-refractivity contribution >= 4 is 23.5 Å². The summed E-state index contributed by atoms with van der Waals surface area (Å²) in [5.74, 6) is -0.927. The Morgan fingerprint density at radius 3 is 2.48 bits per heavy atom. The molecule has 12 nitrogen and oxygen atoms in total. The maximum atomic E-state index is 12.5. The molecule has 1 saturated heterocycles. The zero-order chi connectivity index (χ0) is 21.1. The standard InChI is InChI=1S/C17H20N6O6/c18-16(19)20-9-3-1-8(2-4-9)14(28)22-17-21-11(25)5-6-23(17)15-13(27)12(26)10(7-24)29-15/h1-6,10,12-13,15,24,26-27H,7H2,(H4,18,19,20)(H,21,22,25,28). The van der Waals surface area contributed by atoms with Crippen LogP contribution in [0.1, 0.15) is 16.6 Å². The van der Waals surface area contributed by atoms with Crippen LogP contribution in [0.5, 0.6) is 0 Å². The second-order valence-electron chi connectivity index (χ2n) is 6.26. The molecular formula is C17H20N6O6. The third kappa shape index (κ3) is 4.41. The highest BCUT2D eigenvalue weighted by molar-refractivity contribution is 6.03. The molecule has 0 spiro atoms. The second kappa shape index (κ2) is 8.36. The number of benzene rings is 1. The van der Waals surface area contributed by atoms with Crippen LogP contribution in [0.4, 0.5) is 11.6 Å². The van der Waals surface area contributed by atoms with Crippen molar-refractivity contribution < 1.29 is 24.9 Å². The van der Waals surface area contributed by atoms with Crippen LogP contribution < -0.4 is 22.3 Å². The predicted octanol–water partition coefficient (Wildman–Crippen LogP) is -1.99. The van der Waals surface area contributed by atoms with E-state index >= 15 is 0 Å². The van der Waals surface area contributed by atoms with Crippen LogP contribution in [-0.2, 0) is 4.74 Å². The Balaban J connectivity index is 1.86. The van der Waals surface area contributed by atoms with Crippen molar-refractivity contribution in [1.82, 2.24) is 9.55 Å². The summed E-state index contributed by atoms with van der Waals surface area (Å²) in [7, 11) is 0. The van der Waals surface area contributed by atoms with E-state index in [0.29, 0.717) is 5.69 Å². The van der Waals surface area contributed by atoms with Crippen molar-refractivity contribution in [2.45, 2.75) is 24.5 Å². The summed E-state index contributed by atoms with van der Waals surface area (Å²) in [6.45, 7) is -0.522. The number of aliphatic hydroxyl groups is 3. The Bertz CT molecular complexity index is 971. The molecular weight excluding hydrogens is 384 g/mol. The zero-order valence-corrected chi connectivity index (χ0v) is 15.0. The van der Waals surface area contributed by atoms with Crippen molar-refractivity contribution in [3.8, 4) is 0 Å². The first-order valence-electron chi connectivity index (χ1n) is 8.53. The number of nitrogens with zero attached hydrogens (tertiary/aromatic N) is 3. The number of guanidine groups is 1. The van der Waals surface area contributed by atoms with Crippen molar-refractivity contribution in [2.24, 2.45) is 16.5 Å². The Labute approximate surface area is 164 Å². The van der Waals surface area contributed by atoms with Crippen molar-refractivity contribution in [2.75, 3.05) is 11.9 Å². The highest BCUT2D eigenvalue weighted by Crippen LogP contribution is 2.30. The molecule has 1 aliphatic heterocycles. The molecule has 1 amide bonds. The van der Waals surface area contributed by atoms with E-state index in [0.717, 1.165) is 6.07 Å². The van der Waals surface area contributed by atoms with E-state index in [1.165, 1.54) is 35.0 Å². The molecule has 1 aromatic carbocycles. The summed E-state index contributed by atoms with van der Waals surface area (Å²) < 4.78 is 6.61. The lowest BCUT2D eigenvalue weighted by molar-refractivity contribution is -0.0523. The minimum atomic E-state index is -1.41. The van der Waals surface area contributed by atoms with Crippen LogP contribution in [0.25, 0.3) is 0 Å². The number of aromatic nitrogens is 2. The molecule has 154 valence electrons. The average molecular weight is 404 g/mol. The van der Waals surface area contributed by atoms with Gasteiger partial charge in [-0.25, -0.2) is 4.99 Å².